The molecule has 0 heteroatoms. The van der Waals surface area contributed by atoms with Gasteiger partial charge in [0, 0.05) is 0 Å². The molecular formula is C21H38. The average molecular weight is 291 g/mol. The SMILES string of the molecule is CC=C(C)CCCCC(C1CCCCC1)C1CCCCC1. The molecule has 21 heavy (non-hydrogen) atoms. The van der Waals surface area contributed by atoms with Crippen molar-refractivity contribution >= 4 is 0 Å². The van der Waals surface area contributed by atoms with Gasteiger partial charge in [0.15, 0.2) is 0 Å². The first-order chi connectivity index (χ1) is 10.3. The van der Waals surface area contributed by atoms with Crippen LogP contribution in [0.15, 0.2) is 11.6 Å². The summed E-state index contributed by atoms with van der Waals surface area (Å²) in [5.41, 5.74) is 1.59. The maximum absolute atomic E-state index is 2.29. The van der Waals surface area contributed by atoms with Gasteiger partial charge in [-0.1, -0.05) is 82.3 Å². The second-order valence-electron chi connectivity index (χ2n) is 7.84. The lowest BCUT2D eigenvalue weighted by atomic mass is 9.68. The molecule has 0 aromatic rings. The van der Waals surface area contributed by atoms with Gasteiger partial charge in [-0.3, -0.25) is 0 Å². The van der Waals surface area contributed by atoms with Gasteiger partial charge in [-0.2, -0.15) is 0 Å². The van der Waals surface area contributed by atoms with Crippen LogP contribution >= 0.6 is 0 Å². The van der Waals surface area contributed by atoms with Gasteiger partial charge in [-0.25, -0.2) is 0 Å². The standard InChI is InChI=1S/C21H38/c1-3-18(2)12-10-11-17-21(19-13-6-4-7-14-19)20-15-8-5-9-16-20/h3,19-21H,4-17H2,1-2H3. The monoisotopic (exact) mass is 290 g/mol. The molecule has 0 saturated heterocycles. The summed E-state index contributed by atoms with van der Waals surface area (Å²) in [6, 6.07) is 0. The number of hydrogen-bond donors (Lipinski definition) is 0. The Balaban J connectivity index is 1.82. The van der Waals surface area contributed by atoms with Crippen LogP contribution < -0.4 is 0 Å². The third kappa shape index (κ3) is 5.80. The zero-order valence-electron chi connectivity index (χ0n) is 14.7. The number of hydrogen-bond acceptors (Lipinski definition) is 0. The van der Waals surface area contributed by atoms with Gasteiger partial charge in [-0.15, -0.1) is 0 Å². The fourth-order valence-corrected chi connectivity index (χ4v) is 4.91. The van der Waals surface area contributed by atoms with E-state index in [1.807, 2.05) is 0 Å². The quantitative estimate of drug-likeness (QED) is 0.341. The first-order valence-electron chi connectivity index (χ1n) is 9.93. The fourth-order valence-electron chi connectivity index (χ4n) is 4.91. The van der Waals surface area contributed by atoms with Crippen LogP contribution in [0.1, 0.15) is 104 Å². The normalized spacial score (nSPS) is 22.9. The predicted molar refractivity (Wildman–Crippen MR) is 94.5 cm³/mol. The first-order valence-corrected chi connectivity index (χ1v) is 9.93. The van der Waals surface area contributed by atoms with Crippen molar-refractivity contribution in [2.45, 2.75) is 104 Å². The van der Waals surface area contributed by atoms with Crippen LogP contribution in [0.3, 0.4) is 0 Å². The Labute approximate surface area is 133 Å². The summed E-state index contributed by atoms with van der Waals surface area (Å²) in [7, 11) is 0. The lowest BCUT2D eigenvalue weighted by molar-refractivity contribution is 0.132. The average Bonchev–Trinajstić information content (AvgIpc) is 2.56. The number of allylic oxidation sites excluding steroid dienone is 2. The van der Waals surface area contributed by atoms with Crippen LogP contribution in [-0.4, -0.2) is 0 Å². The van der Waals surface area contributed by atoms with E-state index in [-0.39, 0.29) is 0 Å². The lowest BCUT2D eigenvalue weighted by Gasteiger charge is -2.38. The summed E-state index contributed by atoms with van der Waals surface area (Å²) in [6.45, 7) is 4.47. The summed E-state index contributed by atoms with van der Waals surface area (Å²) in [5.74, 6) is 3.26. The van der Waals surface area contributed by atoms with E-state index in [4.69, 9.17) is 0 Å². The molecule has 2 rings (SSSR count). The molecule has 0 heterocycles. The van der Waals surface area contributed by atoms with Crippen molar-refractivity contribution in [2.75, 3.05) is 0 Å². The minimum absolute atomic E-state index is 1.08. The highest BCUT2D eigenvalue weighted by Crippen LogP contribution is 2.42. The molecule has 0 radical (unpaired) electrons. The highest BCUT2D eigenvalue weighted by atomic mass is 14.4. The van der Waals surface area contributed by atoms with E-state index in [0.717, 1.165) is 17.8 Å². The molecule has 0 aromatic heterocycles. The minimum atomic E-state index is 1.08. The van der Waals surface area contributed by atoms with E-state index in [0.29, 0.717) is 0 Å². The molecule has 0 spiro atoms. The molecule has 2 aliphatic carbocycles. The van der Waals surface area contributed by atoms with Gasteiger partial charge in [-0.05, 0) is 50.9 Å². The molecule has 122 valence electrons. The van der Waals surface area contributed by atoms with Gasteiger partial charge in [0.05, 0.1) is 0 Å². The van der Waals surface area contributed by atoms with E-state index in [2.05, 4.69) is 19.9 Å². The highest BCUT2D eigenvalue weighted by molar-refractivity contribution is 4.95. The summed E-state index contributed by atoms with van der Waals surface area (Å²) in [4.78, 5) is 0. The van der Waals surface area contributed by atoms with E-state index in [1.165, 1.54) is 64.2 Å². The van der Waals surface area contributed by atoms with Gasteiger partial charge in [0.2, 0.25) is 0 Å². The second kappa shape index (κ2) is 9.70. The Hall–Kier alpha value is -0.260. The van der Waals surface area contributed by atoms with E-state index >= 15 is 0 Å². The number of unbranched alkanes of at least 4 members (excludes halogenated alkanes) is 1. The van der Waals surface area contributed by atoms with E-state index in [1.54, 1.807) is 31.3 Å². The Kier molecular flexibility index (Phi) is 7.89. The largest absolute Gasteiger partial charge is 0.0887 e. The van der Waals surface area contributed by atoms with Gasteiger partial charge in [0.25, 0.3) is 0 Å². The molecule has 0 aromatic carbocycles. The zero-order chi connectivity index (χ0) is 14.9. The molecule has 0 atom stereocenters. The Morgan fingerprint density at radius 1 is 0.857 bits per heavy atom. The van der Waals surface area contributed by atoms with Crippen LogP contribution in [0.5, 0.6) is 0 Å². The molecule has 0 nitrogen and oxygen atoms in total. The fraction of sp³-hybridized carbons (Fsp3) is 0.905. The maximum Gasteiger partial charge on any atom is -0.0323 e. The molecule has 0 bridgehead atoms. The topological polar surface area (TPSA) is 0 Å². The summed E-state index contributed by atoms with van der Waals surface area (Å²) >= 11 is 0. The molecule has 0 N–H and O–H groups in total. The third-order valence-corrected chi connectivity index (χ3v) is 6.36. The smallest absolute Gasteiger partial charge is 0.0323 e. The van der Waals surface area contributed by atoms with E-state index < -0.39 is 0 Å². The van der Waals surface area contributed by atoms with Gasteiger partial charge < -0.3 is 0 Å². The molecule has 0 aliphatic heterocycles. The Bertz CT molecular complexity index is 271. The third-order valence-electron chi connectivity index (χ3n) is 6.36. The van der Waals surface area contributed by atoms with Crippen molar-refractivity contribution in [1.29, 1.82) is 0 Å². The van der Waals surface area contributed by atoms with Crippen LogP contribution in [0.4, 0.5) is 0 Å². The zero-order valence-corrected chi connectivity index (χ0v) is 14.7. The lowest BCUT2D eigenvalue weighted by Crippen LogP contribution is -2.27. The van der Waals surface area contributed by atoms with Gasteiger partial charge >= 0.3 is 0 Å². The van der Waals surface area contributed by atoms with Crippen LogP contribution in [0.25, 0.3) is 0 Å². The molecular weight excluding hydrogens is 252 g/mol. The summed E-state index contributed by atoms with van der Waals surface area (Å²) < 4.78 is 0. The van der Waals surface area contributed by atoms with Crippen molar-refractivity contribution in [3.05, 3.63) is 11.6 Å². The summed E-state index contributed by atoms with van der Waals surface area (Å²) in [6.07, 6.45) is 23.4. The Morgan fingerprint density at radius 2 is 1.38 bits per heavy atom. The van der Waals surface area contributed by atoms with Crippen molar-refractivity contribution < 1.29 is 0 Å². The minimum Gasteiger partial charge on any atom is -0.0887 e. The molecule has 2 saturated carbocycles. The Morgan fingerprint density at radius 3 is 1.86 bits per heavy atom. The van der Waals surface area contributed by atoms with E-state index in [9.17, 15) is 0 Å². The van der Waals surface area contributed by atoms with Crippen molar-refractivity contribution in [3.8, 4) is 0 Å². The summed E-state index contributed by atoms with van der Waals surface area (Å²) in [5, 5.41) is 0. The first kappa shape index (κ1) is 17.1. The predicted octanol–water partition coefficient (Wildman–Crippen LogP) is 7.29. The van der Waals surface area contributed by atoms with Gasteiger partial charge in [0.1, 0.15) is 0 Å². The van der Waals surface area contributed by atoms with Crippen LogP contribution in [0.2, 0.25) is 0 Å². The van der Waals surface area contributed by atoms with Crippen LogP contribution in [-0.2, 0) is 0 Å². The molecule has 2 fully saturated rings. The molecule has 0 amide bonds. The second-order valence-corrected chi connectivity index (χ2v) is 7.84. The van der Waals surface area contributed by atoms with Crippen LogP contribution in [0, 0.1) is 17.8 Å². The van der Waals surface area contributed by atoms with Crippen molar-refractivity contribution in [1.82, 2.24) is 0 Å². The molecule has 0 unspecified atom stereocenters. The number of rotatable bonds is 7. The maximum atomic E-state index is 2.29. The highest BCUT2D eigenvalue weighted by Gasteiger charge is 2.30. The van der Waals surface area contributed by atoms with Crippen molar-refractivity contribution in [2.24, 2.45) is 17.8 Å². The van der Waals surface area contributed by atoms with Crippen molar-refractivity contribution in [3.63, 3.8) is 0 Å². The molecule has 2 aliphatic rings.